The number of alkyl halides is 1. The minimum absolute atomic E-state index is 0.0962. The Kier molecular flexibility index (Phi) is 3.62. The van der Waals surface area contributed by atoms with E-state index in [2.05, 4.69) is 22.6 Å². The Morgan fingerprint density at radius 2 is 2.00 bits per heavy atom. The Bertz CT molecular complexity index is 126. The first-order valence-electron chi connectivity index (χ1n) is 3.20. The van der Waals surface area contributed by atoms with Gasteiger partial charge in [-0.1, -0.05) is 43.4 Å². The summed E-state index contributed by atoms with van der Waals surface area (Å²) < 4.78 is 0.211. The van der Waals surface area contributed by atoms with Crippen LogP contribution in [0.4, 0.5) is 0 Å². The number of rotatable bonds is 2. The van der Waals surface area contributed by atoms with E-state index in [1.165, 1.54) is 0 Å². The summed E-state index contributed by atoms with van der Waals surface area (Å²) in [5.41, 5.74) is 0.0962. The van der Waals surface area contributed by atoms with Crippen LogP contribution in [0.15, 0.2) is 0 Å². The van der Waals surface area contributed by atoms with Crippen LogP contribution in [0.3, 0.4) is 0 Å². The molecule has 0 rings (SSSR count). The molecular formula is C7H13IO2. The molecular weight excluding hydrogens is 243 g/mol. The highest BCUT2D eigenvalue weighted by Crippen LogP contribution is 2.28. The number of carboxylic acids is 1. The van der Waals surface area contributed by atoms with Crippen molar-refractivity contribution in [2.45, 2.75) is 31.1 Å². The predicted octanol–water partition coefficient (Wildman–Crippen LogP) is 2.31. The summed E-state index contributed by atoms with van der Waals surface area (Å²) in [6.45, 7) is 6.15. The first-order valence-corrected chi connectivity index (χ1v) is 4.44. The summed E-state index contributed by atoms with van der Waals surface area (Å²) >= 11 is 2.18. The number of hydrogen-bond acceptors (Lipinski definition) is 1. The first kappa shape index (κ1) is 10.2. The molecule has 0 saturated carbocycles. The lowest BCUT2D eigenvalue weighted by Crippen LogP contribution is -2.22. The minimum Gasteiger partial charge on any atom is -0.481 e. The largest absolute Gasteiger partial charge is 0.481 e. The fraction of sp³-hybridized carbons (Fsp3) is 0.857. The van der Waals surface area contributed by atoms with Crippen LogP contribution in [0.1, 0.15) is 27.2 Å². The second-order valence-electron chi connectivity index (χ2n) is 3.43. The number of carbonyl (C=O) groups is 1. The molecule has 1 N–H and O–H groups in total. The maximum atomic E-state index is 10.3. The van der Waals surface area contributed by atoms with E-state index in [0.29, 0.717) is 0 Å². The van der Waals surface area contributed by atoms with Crippen LogP contribution < -0.4 is 0 Å². The van der Waals surface area contributed by atoms with Crippen LogP contribution in [0.25, 0.3) is 0 Å². The van der Waals surface area contributed by atoms with Crippen LogP contribution in [0, 0.1) is 5.41 Å². The molecule has 1 atom stereocenters. The van der Waals surface area contributed by atoms with Gasteiger partial charge in [0.15, 0.2) is 0 Å². The number of halogens is 1. The van der Waals surface area contributed by atoms with Crippen LogP contribution in [0.2, 0.25) is 0 Å². The van der Waals surface area contributed by atoms with E-state index in [1.54, 1.807) is 0 Å². The van der Waals surface area contributed by atoms with Crippen LogP contribution in [-0.2, 0) is 4.79 Å². The highest BCUT2D eigenvalue weighted by molar-refractivity contribution is 14.1. The fourth-order valence-electron chi connectivity index (χ4n) is 0.459. The van der Waals surface area contributed by atoms with Gasteiger partial charge in [-0.3, -0.25) is 4.79 Å². The van der Waals surface area contributed by atoms with Crippen molar-refractivity contribution >= 4 is 28.6 Å². The number of aliphatic carboxylic acids is 1. The maximum absolute atomic E-state index is 10.3. The van der Waals surface area contributed by atoms with Crippen molar-refractivity contribution in [2.75, 3.05) is 0 Å². The molecule has 0 aromatic rings. The van der Waals surface area contributed by atoms with Crippen molar-refractivity contribution in [1.29, 1.82) is 0 Å². The zero-order valence-corrected chi connectivity index (χ0v) is 8.68. The molecule has 0 fully saturated rings. The van der Waals surface area contributed by atoms with Crippen molar-refractivity contribution in [3.05, 3.63) is 0 Å². The molecule has 2 nitrogen and oxygen atoms in total. The van der Waals surface area contributed by atoms with E-state index in [9.17, 15) is 4.79 Å². The Morgan fingerprint density at radius 3 is 2.10 bits per heavy atom. The lowest BCUT2D eigenvalue weighted by Gasteiger charge is -2.23. The minimum atomic E-state index is -0.714. The van der Waals surface area contributed by atoms with Gasteiger partial charge in [-0.25, -0.2) is 0 Å². The molecule has 0 radical (unpaired) electrons. The van der Waals surface area contributed by atoms with Crippen molar-refractivity contribution in [3.63, 3.8) is 0 Å². The third-order valence-electron chi connectivity index (χ3n) is 1.29. The summed E-state index contributed by atoms with van der Waals surface area (Å²) in [5, 5.41) is 8.44. The fourth-order valence-corrected chi connectivity index (χ4v) is 0.836. The van der Waals surface area contributed by atoms with E-state index in [-0.39, 0.29) is 15.8 Å². The zero-order valence-electron chi connectivity index (χ0n) is 6.52. The summed E-state index contributed by atoms with van der Waals surface area (Å²) in [6, 6.07) is 0. The van der Waals surface area contributed by atoms with Gasteiger partial charge in [-0.05, 0) is 5.41 Å². The van der Waals surface area contributed by atoms with Gasteiger partial charge in [-0.2, -0.15) is 0 Å². The van der Waals surface area contributed by atoms with Gasteiger partial charge in [0.1, 0.15) is 0 Å². The highest BCUT2D eigenvalue weighted by Gasteiger charge is 2.23. The normalized spacial score (nSPS) is 14.8. The van der Waals surface area contributed by atoms with Gasteiger partial charge in [-0.15, -0.1) is 0 Å². The molecule has 0 amide bonds. The van der Waals surface area contributed by atoms with E-state index in [0.717, 1.165) is 0 Å². The van der Waals surface area contributed by atoms with Crippen molar-refractivity contribution in [1.82, 2.24) is 0 Å². The summed E-state index contributed by atoms with van der Waals surface area (Å²) in [5.74, 6) is -0.714. The summed E-state index contributed by atoms with van der Waals surface area (Å²) in [6.07, 6.45) is 0.254. The van der Waals surface area contributed by atoms with E-state index in [4.69, 9.17) is 5.11 Å². The standard InChI is InChI=1S/C7H13IO2/c1-7(2,3)5(8)4-6(9)10/h5H,4H2,1-3H3,(H,9,10). The van der Waals surface area contributed by atoms with Crippen LogP contribution >= 0.6 is 22.6 Å². The average Bonchev–Trinajstić information content (AvgIpc) is 1.60. The van der Waals surface area contributed by atoms with Crippen molar-refractivity contribution < 1.29 is 9.90 Å². The predicted molar refractivity (Wildman–Crippen MR) is 49.5 cm³/mol. The van der Waals surface area contributed by atoms with Gasteiger partial charge < -0.3 is 5.11 Å². The van der Waals surface area contributed by atoms with Gasteiger partial charge in [0, 0.05) is 3.92 Å². The molecule has 0 bridgehead atoms. The third-order valence-corrected chi connectivity index (χ3v) is 3.60. The first-order chi connectivity index (χ1) is 4.34. The van der Waals surface area contributed by atoms with Gasteiger partial charge in [0.05, 0.1) is 6.42 Å². The molecule has 0 heterocycles. The second-order valence-corrected chi connectivity index (χ2v) is 4.94. The topological polar surface area (TPSA) is 37.3 Å². The summed E-state index contributed by atoms with van der Waals surface area (Å²) in [4.78, 5) is 10.3. The number of hydrogen-bond donors (Lipinski definition) is 1. The molecule has 60 valence electrons. The number of carboxylic acid groups (broad SMARTS) is 1. The molecule has 10 heavy (non-hydrogen) atoms. The molecule has 0 spiro atoms. The van der Waals surface area contributed by atoms with Gasteiger partial charge >= 0.3 is 5.97 Å². The molecule has 1 unspecified atom stereocenters. The summed E-state index contributed by atoms with van der Waals surface area (Å²) in [7, 11) is 0. The zero-order chi connectivity index (χ0) is 8.36. The van der Waals surface area contributed by atoms with Gasteiger partial charge in [0.2, 0.25) is 0 Å². The third kappa shape index (κ3) is 4.09. The maximum Gasteiger partial charge on any atom is 0.304 e. The Morgan fingerprint density at radius 1 is 1.60 bits per heavy atom. The SMILES string of the molecule is CC(C)(C)C(I)CC(=O)O. The highest BCUT2D eigenvalue weighted by atomic mass is 127. The molecule has 3 heteroatoms. The van der Waals surface area contributed by atoms with Crippen LogP contribution in [0.5, 0.6) is 0 Å². The smallest absolute Gasteiger partial charge is 0.304 e. The molecule has 0 aromatic heterocycles. The van der Waals surface area contributed by atoms with Crippen molar-refractivity contribution in [3.8, 4) is 0 Å². The average molecular weight is 256 g/mol. The van der Waals surface area contributed by atoms with Crippen molar-refractivity contribution in [2.24, 2.45) is 5.41 Å². The molecule has 0 aromatic carbocycles. The lowest BCUT2D eigenvalue weighted by molar-refractivity contribution is -0.137. The monoisotopic (exact) mass is 256 g/mol. The van der Waals surface area contributed by atoms with E-state index in [1.807, 2.05) is 20.8 Å². The molecule has 0 aliphatic heterocycles. The molecule has 0 aliphatic rings. The Hall–Kier alpha value is 0.200. The van der Waals surface area contributed by atoms with E-state index >= 15 is 0 Å². The van der Waals surface area contributed by atoms with Gasteiger partial charge in [0.25, 0.3) is 0 Å². The quantitative estimate of drug-likeness (QED) is 0.608. The Labute approximate surface area is 75.1 Å². The second kappa shape index (κ2) is 3.55. The molecule has 0 saturated heterocycles. The van der Waals surface area contributed by atoms with E-state index < -0.39 is 5.97 Å². The molecule has 0 aliphatic carbocycles. The lowest BCUT2D eigenvalue weighted by atomic mass is 9.90. The van der Waals surface area contributed by atoms with Crippen LogP contribution in [-0.4, -0.2) is 15.0 Å². The Balaban J connectivity index is 3.85.